The molecule has 110 valence electrons. The van der Waals surface area contributed by atoms with Gasteiger partial charge in [-0.05, 0) is 54.7 Å². The first kappa shape index (κ1) is 14.5. The van der Waals surface area contributed by atoms with Crippen molar-refractivity contribution >= 4 is 15.9 Å². The van der Waals surface area contributed by atoms with Crippen molar-refractivity contribution < 1.29 is 9.47 Å². The normalized spacial score (nSPS) is 15.0. The smallest absolute Gasteiger partial charge is 0.122 e. The summed E-state index contributed by atoms with van der Waals surface area (Å²) >= 11 is 3.80. The maximum absolute atomic E-state index is 5.67. The van der Waals surface area contributed by atoms with Gasteiger partial charge in [0, 0.05) is 0 Å². The van der Waals surface area contributed by atoms with Crippen LogP contribution in [-0.4, -0.2) is 13.2 Å². The minimum Gasteiger partial charge on any atom is -0.494 e. The van der Waals surface area contributed by atoms with Gasteiger partial charge >= 0.3 is 0 Å². The average molecular weight is 347 g/mol. The van der Waals surface area contributed by atoms with Gasteiger partial charge in [0.1, 0.15) is 11.5 Å². The van der Waals surface area contributed by atoms with Crippen LogP contribution in [0.5, 0.6) is 11.5 Å². The molecule has 0 bridgehead atoms. The molecule has 3 heteroatoms. The second-order valence-corrected chi connectivity index (χ2v) is 6.10. The number of alkyl halides is 1. The lowest BCUT2D eigenvalue weighted by Gasteiger charge is -2.19. The Morgan fingerprint density at radius 2 is 1.90 bits per heavy atom. The van der Waals surface area contributed by atoms with E-state index in [1.54, 1.807) is 0 Å². The monoisotopic (exact) mass is 346 g/mol. The molecule has 1 atom stereocenters. The third-order valence-corrected chi connectivity index (χ3v) is 4.77. The van der Waals surface area contributed by atoms with Crippen molar-refractivity contribution in [2.75, 3.05) is 13.2 Å². The second kappa shape index (κ2) is 6.52. The first-order chi connectivity index (χ1) is 10.3. The number of halogens is 1. The van der Waals surface area contributed by atoms with Gasteiger partial charge in [0.25, 0.3) is 0 Å². The van der Waals surface area contributed by atoms with Crippen LogP contribution >= 0.6 is 15.9 Å². The van der Waals surface area contributed by atoms with E-state index in [-0.39, 0.29) is 4.83 Å². The Hall–Kier alpha value is -1.48. The number of aryl methyl sites for hydroxylation is 1. The first-order valence-electron chi connectivity index (χ1n) is 7.40. The largest absolute Gasteiger partial charge is 0.494 e. The van der Waals surface area contributed by atoms with E-state index >= 15 is 0 Å². The highest BCUT2D eigenvalue weighted by Gasteiger charge is 2.15. The molecule has 0 aromatic heterocycles. The number of hydrogen-bond acceptors (Lipinski definition) is 2. The number of fused-ring (bicyclic) bond motifs is 1. The van der Waals surface area contributed by atoms with E-state index in [9.17, 15) is 0 Å². The topological polar surface area (TPSA) is 18.5 Å². The first-order valence-corrected chi connectivity index (χ1v) is 8.32. The molecule has 0 saturated heterocycles. The summed E-state index contributed by atoms with van der Waals surface area (Å²) in [6, 6.07) is 14.8. The Morgan fingerprint density at radius 1 is 1.14 bits per heavy atom. The van der Waals surface area contributed by atoms with Crippen molar-refractivity contribution in [3.63, 3.8) is 0 Å². The van der Waals surface area contributed by atoms with E-state index in [4.69, 9.17) is 9.47 Å². The summed E-state index contributed by atoms with van der Waals surface area (Å²) in [5, 5.41) is 0. The van der Waals surface area contributed by atoms with Crippen molar-refractivity contribution in [3.8, 4) is 11.5 Å². The summed E-state index contributed by atoms with van der Waals surface area (Å²) in [4.78, 5) is 0.195. The van der Waals surface area contributed by atoms with E-state index in [2.05, 4.69) is 46.3 Å². The Morgan fingerprint density at radius 3 is 2.67 bits per heavy atom. The molecule has 0 fully saturated rings. The van der Waals surface area contributed by atoms with Gasteiger partial charge in [-0.15, -0.1) is 0 Å². The van der Waals surface area contributed by atoms with Crippen LogP contribution in [0.1, 0.15) is 34.9 Å². The maximum Gasteiger partial charge on any atom is 0.122 e. The quantitative estimate of drug-likeness (QED) is 0.733. The number of rotatable bonds is 4. The lowest BCUT2D eigenvalue weighted by Crippen LogP contribution is -2.08. The summed E-state index contributed by atoms with van der Waals surface area (Å²) in [5.74, 6) is 1.95. The fourth-order valence-corrected chi connectivity index (χ4v) is 3.22. The molecule has 1 unspecified atom stereocenters. The van der Waals surface area contributed by atoms with Crippen LogP contribution in [0.15, 0.2) is 42.5 Å². The maximum atomic E-state index is 5.67. The number of benzene rings is 2. The summed E-state index contributed by atoms with van der Waals surface area (Å²) in [6.07, 6.45) is 2.21. The van der Waals surface area contributed by atoms with E-state index < -0.39 is 0 Å². The van der Waals surface area contributed by atoms with Crippen LogP contribution < -0.4 is 9.47 Å². The summed E-state index contributed by atoms with van der Waals surface area (Å²) < 4.78 is 11.2. The van der Waals surface area contributed by atoms with Crippen molar-refractivity contribution in [2.45, 2.75) is 24.6 Å². The zero-order valence-corrected chi connectivity index (χ0v) is 13.7. The molecule has 0 spiro atoms. The van der Waals surface area contributed by atoms with Gasteiger partial charge in [0.05, 0.1) is 18.0 Å². The van der Waals surface area contributed by atoms with Crippen LogP contribution in [0.2, 0.25) is 0 Å². The fraction of sp³-hybridized carbons (Fsp3) is 0.333. The Kier molecular flexibility index (Phi) is 4.49. The Labute approximate surface area is 134 Å². The van der Waals surface area contributed by atoms with Crippen molar-refractivity contribution in [1.82, 2.24) is 0 Å². The zero-order chi connectivity index (χ0) is 14.7. The molecule has 3 rings (SSSR count). The molecule has 2 aromatic rings. The molecule has 2 nitrogen and oxygen atoms in total. The zero-order valence-electron chi connectivity index (χ0n) is 12.1. The van der Waals surface area contributed by atoms with E-state index in [1.807, 2.05) is 19.1 Å². The van der Waals surface area contributed by atoms with Gasteiger partial charge in [-0.3, -0.25) is 0 Å². The van der Waals surface area contributed by atoms with Crippen molar-refractivity contribution in [2.24, 2.45) is 0 Å². The predicted octanol–water partition coefficient (Wildman–Crippen LogP) is 4.89. The molecule has 1 aliphatic heterocycles. The standard InChI is InChI=1S/C18H19BrO2/c1-2-20-16-8-5-13(6-9-16)18(19)15-7-10-17-14(12-15)4-3-11-21-17/h5-10,12,18H,2-4,11H2,1H3. The molecule has 1 aliphatic rings. The number of hydrogen-bond donors (Lipinski definition) is 0. The minimum atomic E-state index is 0.195. The molecule has 0 radical (unpaired) electrons. The Bertz CT molecular complexity index is 607. The molecule has 0 N–H and O–H groups in total. The highest BCUT2D eigenvalue weighted by molar-refractivity contribution is 9.09. The molecular weight excluding hydrogens is 328 g/mol. The van der Waals surface area contributed by atoms with E-state index in [0.717, 1.165) is 30.9 Å². The SMILES string of the molecule is CCOc1ccc(C(Br)c2ccc3c(c2)CCCO3)cc1. The van der Waals surface area contributed by atoms with Gasteiger partial charge in [-0.2, -0.15) is 0 Å². The summed E-state index contributed by atoms with van der Waals surface area (Å²) in [5.41, 5.74) is 3.81. The lowest BCUT2D eigenvalue weighted by atomic mass is 9.99. The van der Waals surface area contributed by atoms with Gasteiger partial charge in [-0.25, -0.2) is 0 Å². The molecular formula is C18H19BrO2. The number of ether oxygens (including phenoxy) is 2. The minimum absolute atomic E-state index is 0.195. The van der Waals surface area contributed by atoms with E-state index in [1.165, 1.54) is 16.7 Å². The van der Waals surface area contributed by atoms with Crippen LogP contribution in [0.4, 0.5) is 0 Å². The van der Waals surface area contributed by atoms with Gasteiger partial charge in [0.15, 0.2) is 0 Å². The van der Waals surface area contributed by atoms with Crippen LogP contribution in [-0.2, 0) is 6.42 Å². The summed E-state index contributed by atoms with van der Waals surface area (Å²) in [7, 11) is 0. The molecule has 0 amide bonds. The molecule has 0 saturated carbocycles. The van der Waals surface area contributed by atoms with Crippen molar-refractivity contribution in [1.29, 1.82) is 0 Å². The highest BCUT2D eigenvalue weighted by atomic mass is 79.9. The van der Waals surface area contributed by atoms with Crippen molar-refractivity contribution in [3.05, 3.63) is 59.2 Å². The van der Waals surface area contributed by atoms with Gasteiger partial charge < -0.3 is 9.47 Å². The lowest BCUT2D eigenvalue weighted by molar-refractivity contribution is 0.288. The van der Waals surface area contributed by atoms with Gasteiger partial charge in [0.2, 0.25) is 0 Å². The summed E-state index contributed by atoms with van der Waals surface area (Å²) in [6.45, 7) is 3.53. The third kappa shape index (κ3) is 3.24. The fourth-order valence-electron chi connectivity index (χ4n) is 2.63. The Balaban J connectivity index is 1.82. The van der Waals surface area contributed by atoms with Crippen LogP contribution in [0.3, 0.4) is 0 Å². The van der Waals surface area contributed by atoms with E-state index in [0.29, 0.717) is 6.61 Å². The molecule has 0 aliphatic carbocycles. The predicted molar refractivity (Wildman–Crippen MR) is 88.6 cm³/mol. The van der Waals surface area contributed by atoms with Crippen LogP contribution in [0, 0.1) is 0 Å². The molecule has 1 heterocycles. The van der Waals surface area contributed by atoms with Gasteiger partial charge in [-0.1, -0.05) is 40.2 Å². The third-order valence-electron chi connectivity index (χ3n) is 3.71. The highest BCUT2D eigenvalue weighted by Crippen LogP contribution is 2.35. The average Bonchev–Trinajstić information content (AvgIpc) is 2.55. The molecule has 2 aromatic carbocycles. The molecule has 21 heavy (non-hydrogen) atoms. The second-order valence-electron chi connectivity index (χ2n) is 5.18. The van der Waals surface area contributed by atoms with Crippen LogP contribution in [0.25, 0.3) is 0 Å².